The summed E-state index contributed by atoms with van der Waals surface area (Å²) in [5.74, 6) is 3.33. The highest BCUT2D eigenvalue weighted by atomic mass is 16.5. The average Bonchev–Trinajstić information content (AvgIpc) is 2.44. The standard InChI is InChI=1S/C18H29NO/c1-13-10-14(2)12-16(11-13)18(19)9-6-15-4-7-17(20-3)8-5-15/h4-5,7-8,13-14,16,18H,6,9-12,19H2,1-3H3. The van der Waals surface area contributed by atoms with Crippen LogP contribution in [0.1, 0.15) is 45.1 Å². The van der Waals surface area contributed by atoms with Crippen LogP contribution in [0, 0.1) is 17.8 Å². The zero-order chi connectivity index (χ0) is 14.5. The first kappa shape index (κ1) is 15.4. The lowest BCUT2D eigenvalue weighted by atomic mass is 9.73. The van der Waals surface area contributed by atoms with Crippen molar-refractivity contribution in [3.63, 3.8) is 0 Å². The van der Waals surface area contributed by atoms with Crippen LogP contribution < -0.4 is 10.5 Å². The Morgan fingerprint density at radius 3 is 2.25 bits per heavy atom. The van der Waals surface area contributed by atoms with Crippen molar-refractivity contribution in [2.75, 3.05) is 7.11 Å². The van der Waals surface area contributed by atoms with Crippen molar-refractivity contribution in [3.05, 3.63) is 29.8 Å². The highest BCUT2D eigenvalue weighted by Crippen LogP contribution is 2.35. The van der Waals surface area contributed by atoms with Gasteiger partial charge in [0.15, 0.2) is 0 Å². The zero-order valence-corrected chi connectivity index (χ0v) is 13.1. The molecule has 0 aromatic heterocycles. The van der Waals surface area contributed by atoms with E-state index in [0.29, 0.717) is 12.0 Å². The predicted molar refractivity (Wildman–Crippen MR) is 85.0 cm³/mol. The van der Waals surface area contributed by atoms with E-state index in [2.05, 4.69) is 26.0 Å². The minimum absolute atomic E-state index is 0.349. The van der Waals surface area contributed by atoms with Gasteiger partial charge in [-0.3, -0.25) is 0 Å². The van der Waals surface area contributed by atoms with Crippen molar-refractivity contribution in [3.8, 4) is 5.75 Å². The van der Waals surface area contributed by atoms with Crippen molar-refractivity contribution in [1.29, 1.82) is 0 Å². The predicted octanol–water partition coefficient (Wildman–Crippen LogP) is 4.03. The molecule has 0 aliphatic heterocycles. The molecule has 1 aliphatic carbocycles. The van der Waals surface area contributed by atoms with Crippen LogP contribution in [0.25, 0.3) is 0 Å². The van der Waals surface area contributed by atoms with Crippen molar-refractivity contribution >= 4 is 0 Å². The van der Waals surface area contributed by atoms with E-state index in [9.17, 15) is 0 Å². The maximum Gasteiger partial charge on any atom is 0.118 e. The molecule has 112 valence electrons. The zero-order valence-electron chi connectivity index (χ0n) is 13.1. The van der Waals surface area contributed by atoms with Crippen LogP contribution in [0.4, 0.5) is 0 Å². The van der Waals surface area contributed by atoms with Crippen molar-refractivity contribution in [1.82, 2.24) is 0 Å². The van der Waals surface area contributed by atoms with Gasteiger partial charge in [0.05, 0.1) is 7.11 Å². The van der Waals surface area contributed by atoms with Gasteiger partial charge in [-0.25, -0.2) is 0 Å². The van der Waals surface area contributed by atoms with E-state index in [1.807, 2.05) is 12.1 Å². The summed E-state index contributed by atoms with van der Waals surface area (Å²) in [5.41, 5.74) is 7.81. The molecule has 2 N–H and O–H groups in total. The summed E-state index contributed by atoms with van der Waals surface area (Å²) >= 11 is 0. The second kappa shape index (κ2) is 7.12. The topological polar surface area (TPSA) is 35.2 Å². The van der Waals surface area contributed by atoms with Crippen LogP contribution in [0.5, 0.6) is 5.75 Å². The Balaban J connectivity index is 1.83. The molecule has 3 unspecified atom stereocenters. The van der Waals surface area contributed by atoms with Gasteiger partial charge in [-0.15, -0.1) is 0 Å². The van der Waals surface area contributed by atoms with Crippen molar-refractivity contribution < 1.29 is 4.74 Å². The number of methoxy groups -OCH3 is 1. The quantitative estimate of drug-likeness (QED) is 0.880. The molecule has 1 aliphatic rings. The van der Waals surface area contributed by atoms with Gasteiger partial charge in [-0.1, -0.05) is 26.0 Å². The van der Waals surface area contributed by atoms with Gasteiger partial charge in [0.25, 0.3) is 0 Å². The van der Waals surface area contributed by atoms with E-state index in [4.69, 9.17) is 10.5 Å². The third-order valence-electron chi connectivity index (χ3n) is 4.75. The smallest absolute Gasteiger partial charge is 0.118 e. The summed E-state index contributed by atoms with van der Waals surface area (Å²) in [5, 5.41) is 0. The van der Waals surface area contributed by atoms with Crippen LogP contribution in [0.15, 0.2) is 24.3 Å². The molecule has 20 heavy (non-hydrogen) atoms. The van der Waals surface area contributed by atoms with E-state index in [1.165, 1.54) is 24.8 Å². The fourth-order valence-electron chi connectivity index (χ4n) is 3.72. The fraction of sp³-hybridized carbons (Fsp3) is 0.667. The maximum atomic E-state index is 6.45. The lowest BCUT2D eigenvalue weighted by Gasteiger charge is -2.35. The minimum Gasteiger partial charge on any atom is -0.497 e. The van der Waals surface area contributed by atoms with Crippen molar-refractivity contribution in [2.24, 2.45) is 23.5 Å². The summed E-state index contributed by atoms with van der Waals surface area (Å²) in [4.78, 5) is 0. The van der Waals surface area contributed by atoms with Crippen LogP contribution in [0.3, 0.4) is 0 Å². The van der Waals surface area contributed by atoms with Gasteiger partial charge in [0.2, 0.25) is 0 Å². The second-order valence-corrected chi connectivity index (χ2v) is 6.73. The molecule has 0 saturated heterocycles. The average molecular weight is 275 g/mol. The number of nitrogens with two attached hydrogens (primary N) is 1. The monoisotopic (exact) mass is 275 g/mol. The highest BCUT2D eigenvalue weighted by Gasteiger charge is 2.27. The normalized spacial score (nSPS) is 28.1. The summed E-state index contributed by atoms with van der Waals surface area (Å²) in [7, 11) is 1.70. The SMILES string of the molecule is COc1ccc(CCC(N)C2CC(C)CC(C)C2)cc1. The molecule has 2 nitrogen and oxygen atoms in total. The number of aryl methyl sites for hydroxylation is 1. The highest BCUT2D eigenvalue weighted by molar-refractivity contribution is 5.27. The van der Waals surface area contributed by atoms with Crippen LogP contribution >= 0.6 is 0 Å². The molecule has 1 fully saturated rings. The Morgan fingerprint density at radius 1 is 1.10 bits per heavy atom. The van der Waals surface area contributed by atoms with Crippen LogP contribution in [0.2, 0.25) is 0 Å². The Kier molecular flexibility index (Phi) is 5.47. The molecule has 0 bridgehead atoms. The van der Waals surface area contributed by atoms with E-state index >= 15 is 0 Å². The number of ether oxygens (including phenoxy) is 1. The van der Waals surface area contributed by atoms with Crippen LogP contribution in [-0.2, 0) is 6.42 Å². The van der Waals surface area contributed by atoms with Crippen molar-refractivity contribution in [2.45, 2.75) is 52.0 Å². The minimum atomic E-state index is 0.349. The lowest BCUT2D eigenvalue weighted by molar-refractivity contribution is 0.188. The van der Waals surface area contributed by atoms with Gasteiger partial charge in [0, 0.05) is 6.04 Å². The molecule has 1 aromatic rings. The third kappa shape index (κ3) is 4.24. The molecule has 0 radical (unpaired) electrons. The molecule has 2 rings (SSSR count). The summed E-state index contributed by atoms with van der Waals surface area (Å²) in [6, 6.07) is 8.72. The first-order valence-corrected chi connectivity index (χ1v) is 7.97. The van der Waals surface area contributed by atoms with Crippen LogP contribution in [-0.4, -0.2) is 13.2 Å². The molecule has 0 heterocycles. The molecule has 2 heteroatoms. The van der Waals surface area contributed by atoms with Gasteiger partial charge in [-0.2, -0.15) is 0 Å². The second-order valence-electron chi connectivity index (χ2n) is 6.73. The molecular weight excluding hydrogens is 246 g/mol. The summed E-state index contributed by atoms with van der Waals surface area (Å²) in [6.07, 6.45) is 6.17. The van der Waals surface area contributed by atoms with Gasteiger partial charge in [0.1, 0.15) is 5.75 Å². The molecule has 3 atom stereocenters. The Bertz CT molecular complexity index is 390. The lowest BCUT2D eigenvalue weighted by Crippen LogP contribution is -2.35. The van der Waals surface area contributed by atoms with E-state index in [-0.39, 0.29) is 0 Å². The molecule has 1 aromatic carbocycles. The Morgan fingerprint density at radius 2 is 1.70 bits per heavy atom. The Hall–Kier alpha value is -1.02. The summed E-state index contributed by atoms with van der Waals surface area (Å²) in [6.45, 7) is 4.75. The first-order valence-electron chi connectivity index (χ1n) is 7.97. The number of rotatable bonds is 5. The van der Waals surface area contributed by atoms with E-state index < -0.39 is 0 Å². The first-order chi connectivity index (χ1) is 9.58. The Labute approximate surface area is 123 Å². The molecule has 0 amide bonds. The fourth-order valence-corrected chi connectivity index (χ4v) is 3.72. The van der Waals surface area contributed by atoms with Gasteiger partial charge in [-0.05, 0) is 67.6 Å². The van der Waals surface area contributed by atoms with E-state index in [1.54, 1.807) is 7.11 Å². The summed E-state index contributed by atoms with van der Waals surface area (Å²) < 4.78 is 5.19. The molecule has 1 saturated carbocycles. The maximum absolute atomic E-state index is 6.45. The molecular formula is C18H29NO. The third-order valence-corrected chi connectivity index (χ3v) is 4.75. The van der Waals surface area contributed by atoms with E-state index in [0.717, 1.165) is 30.4 Å². The van der Waals surface area contributed by atoms with Gasteiger partial charge >= 0.3 is 0 Å². The number of hydrogen-bond acceptors (Lipinski definition) is 2. The largest absolute Gasteiger partial charge is 0.497 e. The number of hydrogen-bond donors (Lipinski definition) is 1. The number of benzene rings is 1. The molecule has 0 spiro atoms. The van der Waals surface area contributed by atoms with Gasteiger partial charge < -0.3 is 10.5 Å².